The quantitative estimate of drug-likeness (QED) is 0.716. The zero-order valence-electron chi connectivity index (χ0n) is 16.8. The van der Waals surface area contributed by atoms with Gasteiger partial charge in [-0.15, -0.1) is 0 Å². The number of amides is 1. The zero-order chi connectivity index (χ0) is 18.2. The third-order valence-corrected chi connectivity index (χ3v) is 6.68. The van der Waals surface area contributed by atoms with Gasteiger partial charge in [0.25, 0.3) is 0 Å². The van der Waals surface area contributed by atoms with Crippen LogP contribution in [0.3, 0.4) is 0 Å². The molecule has 0 N–H and O–H groups in total. The second-order valence-corrected chi connectivity index (χ2v) is 9.28. The van der Waals surface area contributed by atoms with Crippen molar-refractivity contribution in [3.63, 3.8) is 0 Å². The summed E-state index contributed by atoms with van der Waals surface area (Å²) in [6.07, 6.45) is 5.72. The van der Waals surface area contributed by atoms with Gasteiger partial charge in [0.2, 0.25) is 5.91 Å². The Morgan fingerprint density at radius 2 is 1.92 bits per heavy atom. The molecule has 3 rings (SSSR count). The minimum atomic E-state index is 0.117. The van der Waals surface area contributed by atoms with Gasteiger partial charge in [0, 0.05) is 39.3 Å². The minimum Gasteiger partial charge on any atom is -0.381 e. The smallest absolute Gasteiger partial charge is 0.226 e. The van der Waals surface area contributed by atoms with E-state index in [1.54, 1.807) is 0 Å². The summed E-state index contributed by atoms with van der Waals surface area (Å²) in [6.45, 7) is 14.0. The van der Waals surface area contributed by atoms with Gasteiger partial charge in [-0.1, -0.05) is 25.5 Å². The molecule has 3 atom stereocenters. The van der Waals surface area contributed by atoms with E-state index in [1.807, 2.05) is 7.05 Å². The molecule has 142 valence electrons. The lowest BCUT2D eigenvalue weighted by Gasteiger charge is -2.37. The van der Waals surface area contributed by atoms with Crippen molar-refractivity contribution in [2.75, 3.05) is 39.9 Å². The van der Waals surface area contributed by atoms with E-state index < -0.39 is 0 Å². The molecule has 2 heterocycles. The highest BCUT2D eigenvalue weighted by Crippen LogP contribution is 2.60. The Labute approximate surface area is 153 Å². The molecule has 0 bridgehead atoms. The fraction of sp³-hybridized carbons (Fsp3) is 0.857. The van der Waals surface area contributed by atoms with Crippen LogP contribution < -0.4 is 0 Å². The van der Waals surface area contributed by atoms with E-state index in [1.165, 1.54) is 18.5 Å². The number of carbonyl (C=O) groups excluding carboxylic acids is 1. The van der Waals surface area contributed by atoms with E-state index in [4.69, 9.17) is 4.74 Å². The number of hydrogen-bond acceptors (Lipinski definition) is 3. The Kier molecular flexibility index (Phi) is 5.60. The summed E-state index contributed by atoms with van der Waals surface area (Å²) in [4.78, 5) is 17.7. The van der Waals surface area contributed by atoms with Crippen LogP contribution in [0, 0.1) is 23.2 Å². The molecule has 4 nitrogen and oxygen atoms in total. The SMILES string of the molecule is CC(C)=C[C@@H]1[C@@H](C(=O)N(C)C2CCN(C[C@@H]3CCOC3)CC2)C1(C)C. The maximum absolute atomic E-state index is 13.0. The molecule has 0 radical (unpaired) electrons. The lowest BCUT2D eigenvalue weighted by molar-refractivity contribution is -0.135. The molecule has 3 fully saturated rings. The number of ether oxygens (including phenoxy) is 1. The monoisotopic (exact) mass is 348 g/mol. The topological polar surface area (TPSA) is 32.8 Å². The third-order valence-electron chi connectivity index (χ3n) is 6.68. The maximum atomic E-state index is 13.0. The van der Waals surface area contributed by atoms with Crippen molar-refractivity contribution < 1.29 is 9.53 Å². The number of nitrogens with zero attached hydrogens (tertiary/aromatic N) is 2. The van der Waals surface area contributed by atoms with E-state index >= 15 is 0 Å². The molecule has 25 heavy (non-hydrogen) atoms. The second kappa shape index (κ2) is 7.40. The minimum absolute atomic E-state index is 0.117. The highest BCUT2D eigenvalue weighted by atomic mass is 16.5. The van der Waals surface area contributed by atoms with Gasteiger partial charge in [0.1, 0.15) is 0 Å². The lowest BCUT2D eigenvalue weighted by Crippen LogP contribution is -2.47. The Bertz CT molecular complexity index is 510. The fourth-order valence-electron chi connectivity index (χ4n) is 4.80. The van der Waals surface area contributed by atoms with Gasteiger partial charge in [-0.2, -0.15) is 0 Å². The molecular weight excluding hydrogens is 312 g/mol. The van der Waals surface area contributed by atoms with Crippen molar-refractivity contribution in [3.8, 4) is 0 Å². The highest BCUT2D eigenvalue weighted by molar-refractivity contribution is 5.84. The Balaban J connectivity index is 1.49. The Hall–Kier alpha value is -0.870. The molecule has 0 aromatic rings. The maximum Gasteiger partial charge on any atom is 0.226 e. The average Bonchev–Trinajstić information content (AvgIpc) is 2.92. The number of piperidine rings is 1. The fourth-order valence-corrected chi connectivity index (χ4v) is 4.80. The van der Waals surface area contributed by atoms with Crippen molar-refractivity contribution in [1.82, 2.24) is 9.80 Å². The molecule has 0 aromatic carbocycles. The molecule has 4 heteroatoms. The molecule has 2 saturated heterocycles. The Morgan fingerprint density at radius 3 is 2.48 bits per heavy atom. The normalized spacial score (nSPS) is 32.4. The van der Waals surface area contributed by atoms with Crippen LogP contribution in [-0.2, 0) is 9.53 Å². The van der Waals surface area contributed by atoms with Gasteiger partial charge >= 0.3 is 0 Å². The number of rotatable bonds is 5. The zero-order valence-corrected chi connectivity index (χ0v) is 16.8. The van der Waals surface area contributed by atoms with Gasteiger partial charge in [-0.05, 0) is 50.4 Å². The van der Waals surface area contributed by atoms with Crippen LogP contribution in [0.4, 0.5) is 0 Å². The highest BCUT2D eigenvalue weighted by Gasteiger charge is 2.61. The number of allylic oxidation sites excluding steroid dienone is 2. The van der Waals surface area contributed by atoms with E-state index in [0.29, 0.717) is 23.8 Å². The summed E-state index contributed by atoms with van der Waals surface area (Å²) in [7, 11) is 2.03. The van der Waals surface area contributed by atoms with Crippen LogP contribution in [0.25, 0.3) is 0 Å². The summed E-state index contributed by atoms with van der Waals surface area (Å²) in [5.41, 5.74) is 1.44. The number of hydrogen-bond donors (Lipinski definition) is 0. The Morgan fingerprint density at radius 1 is 1.24 bits per heavy atom. The van der Waals surface area contributed by atoms with Crippen LogP contribution in [-0.4, -0.2) is 61.6 Å². The molecule has 0 unspecified atom stereocenters. The van der Waals surface area contributed by atoms with E-state index in [2.05, 4.69) is 43.6 Å². The molecule has 3 aliphatic rings. The molecule has 2 aliphatic heterocycles. The molecule has 0 spiro atoms. The first-order valence-corrected chi connectivity index (χ1v) is 10.0. The van der Waals surface area contributed by atoms with Crippen molar-refractivity contribution >= 4 is 5.91 Å². The summed E-state index contributed by atoms with van der Waals surface area (Å²) in [5, 5.41) is 0. The van der Waals surface area contributed by atoms with Crippen LogP contribution in [0.5, 0.6) is 0 Å². The molecule has 1 saturated carbocycles. The third kappa shape index (κ3) is 4.11. The van der Waals surface area contributed by atoms with Crippen molar-refractivity contribution in [3.05, 3.63) is 11.6 Å². The van der Waals surface area contributed by atoms with E-state index in [-0.39, 0.29) is 11.3 Å². The van der Waals surface area contributed by atoms with E-state index in [0.717, 1.165) is 39.1 Å². The summed E-state index contributed by atoms with van der Waals surface area (Å²) >= 11 is 0. The van der Waals surface area contributed by atoms with Crippen molar-refractivity contribution in [1.29, 1.82) is 0 Å². The first kappa shape index (κ1) is 18.9. The van der Waals surface area contributed by atoms with Gasteiger partial charge < -0.3 is 14.5 Å². The predicted octanol–water partition coefficient (Wildman–Crippen LogP) is 3.18. The van der Waals surface area contributed by atoms with Crippen LogP contribution in [0.1, 0.15) is 47.0 Å². The van der Waals surface area contributed by atoms with Crippen LogP contribution in [0.2, 0.25) is 0 Å². The van der Waals surface area contributed by atoms with Crippen LogP contribution >= 0.6 is 0 Å². The largest absolute Gasteiger partial charge is 0.381 e. The summed E-state index contributed by atoms with van der Waals surface area (Å²) < 4.78 is 5.50. The van der Waals surface area contributed by atoms with Gasteiger partial charge in [0.15, 0.2) is 0 Å². The molecule has 1 amide bonds. The number of carbonyl (C=O) groups is 1. The predicted molar refractivity (Wildman–Crippen MR) is 101 cm³/mol. The van der Waals surface area contributed by atoms with Gasteiger partial charge in [-0.25, -0.2) is 0 Å². The number of likely N-dealkylation sites (tertiary alicyclic amines) is 1. The van der Waals surface area contributed by atoms with Crippen molar-refractivity contribution in [2.45, 2.75) is 53.0 Å². The van der Waals surface area contributed by atoms with Gasteiger partial charge in [-0.3, -0.25) is 4.79 Å². The standard InChI is InChI=1S/C21H36N2O2/c1-15(2)12-18-19(21(18,3)4)20(24)22(5)17-6-9-23(10-7-17)13-16-8-11-25-14-16/h12,16-19H,6-11,13-14H2,1-5H3/t16-,18+,19-/m0/s1. The van der Waals surface area contributed by atoms with Crippen molar-refractivity contribution in [2.24, 2.45) is 23.2 Å². The first-order chi connectivity index (χ1) is 11.8. The second-order valence-electron chi connectivity index (χ2n) is 9.28. The molecule has 0 aromatic heterocycles. The van der Waals surface area contributed by atoms with Crippen LogP contribution in [0.15, 0.2) is 11.6 Å². The lowest BCUT2D eigenvalue weighted by atomic mass is 10.00. The summed E-state index contributed by atoms with van der Waals surface area (Å²) in [5.74, 6) is 1.65. The molecule has 1 aliphatic carbocycles. The van der Waals surface area contributed by atoms with E-state index in [9.17, 15) is 4.79 Å². The molecular formula is C21H36N2O2. The average molecular weight is 349 g/mol. The van der Waals surface area contributed by atoms with Gasteiger partial charge in [0.05, 0.1) is 12.5 Å². The summed E-state index contributed by atoms with van der Waals surface area (Å²) in [6, 6.07) is 0.410. The first-order valence-electron chi connectivity index (χ1n) is 10.0.